The lowest BCUT2D eigenvalue weighted by molar-refractivity contribution is 0.614. The summed E-state index contributed by atoms with van der Waals surface area (Å²) in [5.41, 5.74) is 0.886. The zero-order valence-electron chi connectivity index (χ0n) is 7.63. The maximum atomic E-state index is 5.95. The lowest BCUT2D eigenvalue weighted by atomic mass is 10.1. The van der Waals surface area contributed by atoms with E-state index in [0.29, 0.717) is 0 Å². The SMILES string of the molecule is Clc1ccc2c(ccc3occ(Br)c32)c1. The highest BCUT2D eigenvalue weighted by Crippen LogP contribution is 2.33. The van der Waals surface area contributed by atoms with Crippen LogP contribution >= 0.6 is 27.5 Å². The molecular weight excluding hydrogens is 275 g/mol. The fourth-order valence-electron chi connectivity index (χ4n) is 1.80. The van der Waals surface area contributed by atoms with Gasteiger partial charge in [-0.2, -0.15) is 0 Å². The van der Waals surface area contributed by atoms with E-state index in [1.165, 1.54) is 0 Å². The van der Waals surface area contributed by atoms with Gasteiger partial charge in [0, 0.05) is 10.4 Å². The summed E-state index contributed by atoms with van der Waals surface area (Å²) in [6.07, 6.45) is 1.71. The molecule has 0 spiro atoms. The third-order valence-corrected chi connectivity index (χ3v) is 3.29. The number of rotatable bonds is 0. The van der Waals surface area contributed by atoms with E-state index in [1.807, 2.05) is 30.3 Å². The Morgan fingerprint density at radius 1 is 1.13 bits per heavy atom. The average Bonchev–Trinajstić information content (AvgIpc) is 2.60. The van der Waals surface area contributed by atoms with E-state index in [9.17, 15) is 0 Å². The Kier molecular flexibility index (Phi) is 2.01. The second-order valence-corrected chi connectivity index (χ2v) is 4.68. The minimum atomic E-state index is 0.751. The first-order valence-electron chi connectivity index (χ1n) is 4.51. The molecule has 0 saturated heterocycles. The maximum Gasteiger partial charge on any atom is 0.135 e. The Balaban J connectivity index is 2.58. The average molecular weight is 282 g/mol. The van der Waals surface area contributed by atoms with Crippen LogP contribution in [0.3, 0.4) is 0 Å². The molecule has 0 saturated carbocycles. The fraction of sp³-hybridized carbons (Fsp3) is 0. The topological polar surface area (TPSA) is 13.1 Å². The molecule has 1 heterocycles. The van der Waals surface area contributed by atoms with Crippen LogP contribution in [0.5, 0.6) is 0 Å². The van der Waals surface area contributed by atoms with Gasteiger partial charge in [0.1, 0.15) is 11.8 Å². The van der Waals surface area contributed by atoms with Crippen molar-refractivity contribution >= 4 is 49.3 Å². The zero-order valence-corrected chi connectivity index (χ0v) is 9.97. The minimum absolute atomic E-state index is 0.751. The van der Waals surface area contributed by atoms with Crippen molar-refractivity contribution < 1.29 is 4.42 Å². The summed E-state index contributed by atoms with van der Waals surface area (Å²) in [6, 6.07) is 9.83. The van der Waals surface area contributed by atoms with Gasteiger partial charge in [0.05, 0.1) is 4.47 Å². The van der Waals surface area contributed by atoms with Crippen LogP contribution in [0.25, 0.3) is 21.7 Å². The lowest BCUT2D eigenvalue weighted by Gasteiger charge is -1.99. The summed E-state index contributed by atoms with van der Waals surface area (Å²) in [5, 5.41) is 4.13. The van der Waals surface area contributed by atoms with E-state index < -0.39 is 0 Å². The number of halogens is 2. The van der Waals surface area contributed by atoms with Gasteiger partial charge in [-0.1, -0.05) is 23.7 Å². The first-order chi connectivity index (χ1) is 7.25. The summed E-state index contributed by atoms with van der Waals surface area (Å²) in [4.78, 5) is 0. The molecule has 0 bridgehead atoms. The Labute approximate surface area is 99.8 Å². The second kappa shape index (κ2) is 3.26. The Morgan fingerprint density at radius 3 is 2.87 bits per heavy atom. The lowest BCUT2D eigenvalue weighted by Crippen LogP contribution is -1.74. The molecular formula is C12H6BrClO. The molecule has 0 atom stereocenters. The predicted octanol–water partition coefficient (Wildman–Crippen LogP) is 5.00. The largest absolute Gasteiger partial charge is 0.463 e. The smallest absolute Gasteiger partial charge is 0.135 e. The number of hydrogen-bond acceptors (Lipinski definition) is 1. The van der Waals surface area contributed by atoms with Gasteiger partial charge in [-0.25, -0.2) is 0 Å². The van der Waals surface area contributed by atoms with E-state index in [2.05, 4.69) is 15.9 Å². The van der Waals surface area contributed by atoms with Crippen LogP contribution < -0.4 is 0 Å². The standard InChI is InChI=1S/C12H6BrClO/c13-10-6-15-11-4-1-7-5-8(14)2-3-9(7)12(10)11/h1-6H. The van der Waals surface area contributed by atoms with Crippen LogP contribution in [-0.4, -0.2) is 0 Å². The summed E-state index contributed by atoms with van der Waals surface area (Å²) < 4.78 is 6.38. The number of furan rings is 1. The molecule has 15 heavy (non-hydrogen) atoms. The number of benzene rings is 2. The van der Waals surface area contributed by atoms with E-state index in [1.54, 1.807) is 6.26 Å². The molecule has 0 amide bonds. The van der Waals surface area contributed by atoms with Crippen LogP contribution in [0.4, 0.5) is 0 Å². The van der Waals surface area contributed by atoms with Crippen LogP contribution in [-0.2, 0) is 0 Å². The van der Waals surface area contributed by atoms with Crippen molar-refractivity contribution in [1.29, 1.82) is 0 Å². The van der Waals surface area contributed by atoms with Gasteiger partial charge in [-0.15, -0.1) is 0 Å². The first-order valence-corrected chi connectivity index (χ1v) is 5.68. The maximum absolute atomic E-state index is 5.95. The van der Waals surface area contributed by atoms with Crippen molar-refractivity contribution in [2.24, 2.45) is 0 Å². The molecule has 1 aromatic heterocycles. The van der Waals surface area contributed by atoms with E-state index >= 15 is 0 Å². The molecule has 74 valence electrons. The zero-order chi connectivity index (χ0) is 10.4. The molecule has 3 rings (SSSR count). The molecule has 0 fully saturated rings. The molecule has 0 unspecified atom stereocenters. The molecule has 1 nitrogen and oxygen atoms in total. The highest BCUT2D eigenvalue weighted by Gasteiger charge is 2.07. The monoisotopic (exact) mass is 280 g/mol. The normalized spacial score (nSPS) is 11.3. The third kappa shape index (κ3) is 1.36. The predicted molar refractivity (Wildman–Crippen MR) is 66.4 cm³/mol. The van der Waals surface area contributed by atoms with Gasteiger partial charge in [0.25, 0.3) is 0 Å². The number of hydrogen-bond donors (Lipinski definition) is 0. The van der Waals surface area contributed by atoms with Crippen LogP contribution in [0, 0.1) is 0 Å². The molecule has 0 aliphatic heterocycles. The number of fused-ring (bicyclic) bond motifs is 3. The van der Waals surface area contributed by atoms with Crippen molar-refractivity contribution in [3.8, 4) is 0 Å². The van der Waals surface area contributed by atoms with Crippen LogP contribution in [0.2, 0.25) is 5.02 Å². The fourth-order valence-corrected chi connectivity index (χ4v) is 2.48. The Morgan fingerprint density at radius 2 is 2.00 bits per heavy atom. The first kappa shape index (κ1) is 9.25. The van der Waals surface area contributed by atoms with Crippen LogP contribution in [0.15, 0.2) is 45.5 Å². The second-order valence-electron chi connectivity index (χ2n) is 3.39. The Hall–Kier alpha value is -0.990. The van der Waals surface area contributed by atoms with Crippen molar-refractivity contribution in [3.63, 3.8) is 0 Å². The highest BCUT2D eigenvalue weighted by atomic mass is 79.9. The van der Waals surface area contributed by atoms with Gasteiger partial charge in [0.15, 0.2) is 0 Å². The molecule has 2 aromatic carbocycles. The molecule has 3 heteroatoms. The van der Waals surface area contributed by atoms with Gasteiger partial charge < -0.3 is 4.42 Å². The van der Waals surface area contributed by atoms with E-state index in [4.69, 9.17) is 16.0 Å². The summed E-state index contributed by atoms with van der Waals surface area (Å²) in [7, 11) is 0. The minimum Gasteiger partial charge on any atom is -0.463 e. The van der Waals surface area contributed by atoms with E-state index in [0.717, 1.165) is 31.2 Å². The van der Waals surface area contributed by atoms with Gasteiger partial charge >= 0.3 is 0 Å². The van der Waals surface area contributed by atoms with E-state index in [-0.39, 0.29) is 0 Å². The summed E-state index contributed by atoms with van der Waals surface area (Å²) >= 11 is 9.43. The highest BCUT2D eigenvalue weighted by molar-refractivity contribution is 9.10. The third-order valence-electron chi connectivity index (χ3n) is 2.47. The van der Waals surface area contributed by atoms with Gasteiger partial charge in [0.2, 0.25) is 0 Å². The van der Waals surface area contributed by atoms with Crippen molar-refractivity contribution in [2.75, 3.05) is 0 Å². The summed E-state index contributed by atoms with van der Waals surface area (Å²) in [6.45, 7) is 0. The van der Waals surface area contributed by atoms with Crippen molar-refractivity contribution in [3.05, 3.63) is 46.1 Å². The summed E-state index contributed by atoms with van der Waals surface area (Å²) in [5.74, 6) is 0. The Bertz CT molecular complexity index is 657. The molecule has 3 aromatic rings. The molecule has 0 N–H and O–H groups in total. The molecule has 0 radical (unpaired) electrons. The molecule has 0 aliphatic carbocycles. The van der Waals surface area contributed by atoms with Crippen molar-refractivity contribution in [2.45, 2.75) is 0 Å². The van der Waals surface area contributed by atoms with Gasteiger partial charge in [-0.05, 0) is 44.9 Å². The van der Waals surface area contributed by atoms with Crippen LogP contribution in [0.1, 0.15) is 0 Å². The molecule has 0 aliphatic rings. The van der Waals surface area contributed by atoms with Gasteiger partial charge in [-0.3, -0.25) is 0 Å². The quantitative estimate of drug-likeness (QED) is 0.565. The van der Waals surface area contributed by atoms with Crippen molar-refractivity contribution in [1.82, 2.24) is 0 Å².